The molecule has 1 aliphatic rings. The molecule has 126 valence electrons. The molecule has 0 fully saturated rings. The molecule has 5 nitrogen and oxygen atoms in total. The Kier molecular flexibility index (Phi) is 4.24. The van der Waals surface area contributed by atoms with Crippen LogP contribution in [0.25, 0.3) is 0 Å². The van der Waals surface area contributed by atoms with E-state index in [1.165, 1.54) is 11.3 Å². The molecule has 1 aromatic heterocycles. The molecule has 0 radical (unpaired) electrons. The number of anilines is 3. The van der Waals surface area contributed by atoms with Gasteiger partial charge in [0.05, 0.1) is 6.20 Å². The zero-order chi connectivity index (χ0) is 17.2. The van der Waals surface area contributed by atoms with E-state index in [9.17, 15) is 0 Å². The molecule has 2 aromatic carbocycles. The highest BCUT2D eigenvalue weighted by molar-refractivity contribution is 6.30. The van der Waals surface area contributed by atoms with Gasteiger partial charge in [-0.25, -0.2) is 0 Å². The molecule has 1 unspecified atom stereocenters. The van der Waals surface area contributed by atoms with Crippen molar-refractivity contribution in [3.05, 3.63) is 70.9 Å². The van der Waals surface area contributed by atoms with E-state index in [-0.39, 0.29) is 0 Å². The summed E-state index contributed by atoms with van der Waals surface area (Å²) in [5.41, 5.74) is 3.64. The predicted molar refractivity (Wildman–Crippen MR) is 100 cm³/mol. The monoisotopic (exact) mass is 351 g/mol. The maximum Gasteiger partial charge on any atom is 0.244 e. The first-order chi connectivity index (χ1) is 12.2. The summed E-state index contributed by atoms with van der Waals surface area (Å²) in [5.74, 6) is 1.33. The maximum atomic E-state index is 5.92. The number of fused-ring (bicyclic) bond motifs is 1. The van der Waals surface area contributed by atoms with E-state index in [0.29, 0.717) is 18.5 Å². The van der Waals surface area contributed by atoms with Crippen molar-refractivity contribution in [2.45, 2.75) is 25.9 Å². The summed E-state index contributed by atoms with van der Waals surface area (Å²) in [7, 11) is 0. The summed E-state index contributed by atoms with van der Waals surface area (Å²) >= 11 is 5.92. The number of hydrogen-bond donors (Lipinski definition) is 1. The molecule has 0 bridgehead atoms. The van der Waals surface area contributed by atoms with Gasteiger partial charge in [-0.3, -0.25) is 0 Å². The molecule has 25 heavy (non-hydrogen) atoms. The SMILES string of the molecule is CC1Cc2ccccc2N1c1cnnc(NCc2ccc(Cl)cc2)n1. The summed E-state index contributed by atoms with van der Waals surface area (Å²) in [6.45, 7) is 2.82. The molecule has 0 aliphatic carbocycles. The number of aromatic nitrogens is 3. The summed E-state index contributed by atoms with van der Waals surface area (Å²) in [5, 5.41) is 12.2. The van der Waals surface area contributed by atoms with Gasteiger partial charge in [0, 0.05) is 23.3 Å². The fourth-order valence-corrected chi connectivity index (χ4v) is 3.31. The van der Waals surface area contributed by atoms with Crippen LogP contribution in [0.2, 0.25) is 5.02 Å². The van der Waals surface area contributed by atoms with E-state index < -0.39 is 0 Å². The third kappa shape index (κ3) is 3.28. The van der Waals surface area contributed by atoms with Crippen molar-refractivity contribution in [1.82, 2.24) is 15.2 Å². The maximum absolute atomic E-state index is 5.92. The quantitative estimate of drug-likeness (QED) is 0.762. The molecule has 0 saturated heterocycles. The minimum atomic E-state index is 0.346. The number of para-hydroxylation sites is 1. The molecule has 4 rings (SSSR count). The van der Waals surface area contributed by atoms with Gasteiger partial charge < -0.3 is 10.2 Å². The Morgan fingerprint density at radius 3 is 2.80 bits per heavy atom. The molecule has 1 N–H and O–H groups in total. The standard InChI is InChI=1S/C19H18ClN5/c1-13-10-15-4-2-3-5-17(15)25(13)18-12-22-24-19(23-18)21-11-14-6-8-16(20)9-7-14/h2-9,12-13H,10-11H2,1H3,(H,21,23,24). The smallest absolute Gasteiger partial charge is 0.244 e. The Morgan fingerprint density at radius 2 is 1.96 bits per heavy atom. The number of rotatable bonds is 4. The lowest BCUT2D eigenvalue weighted by atomic mass is 10.1. The van der Waals surface area contributed by atoms with Gasteiger partial charge in [0.2, 0.25) is 5.95 Å². The van der Waals surface area contributed by atoms with Gasteiger partial charge >= 0.3 is 0 Å². The lowest BCUT2D eigenvalue weighted by Crippen LogP contribution is -2.25. The van der Waals surface area contributed by atoms with E-state index in [1.807, 2.05) is 24.3 Å². The van der Waals surface area contributed by atoms with Crippen LogP contribution < -0.4 is 10.2 Å². The summed E-state index contributed by atoms with van der Waals surface area (Å²) in [6.07, 6.45) is 2.72. The molecule has 0 amide bonds. The zero-order valence-corrected chi connectivity index (χ0v) is 14.6. The Hall–Kier alpha value is -2.66. The third-order valence-corrected chi connectivity index (χ3v) is 4.62. The molecular weight excluding hydrogens is 334 g/mol. The Bertz CT molecular complexity index is 881. The van der Waals surface area contributed by atoms with E-state index in [0.717, 1.165) is 22.8 Å². The predicted octanol–water partition coefficient (Wildman–Crippen LogP) is 4.22. The van der Waals surface area contributed by atoms with Crippen LogP contribution in [0.3, 0.4) is 0 Å². The average Bonchev–Trinajstić information content (AvgIpc) is 2.97. The summed E-state index contributed by atoms with van der Waals surface area (Å²) in [6, 6.07) is 16.5. The first-order valence-electron chi connectivity index (χ1n) is 8.26. The number of benzene rings is 2. The normalized spacial score (nSPS) is 15.9. The van der Waals surface area contributed by atoms with E-state index in [4.69, 9.17) is 11.6 Å². The molecule has 1 atom stereocenters. The topological polar surface area (TPSA) is 53.9 Å². The van der Waals surface area contributed by atoms with Crippen LogP contribution in [0.4, 0.5) is 17.5 Å². The molecule has 0 saturated carbocycles. The second-order valence-electron chi connectivity index (χ2n) is 6.17. The summed E-state index contributed by atoms with van der Waals surface area (Å²) in [4.78, 5) is 6.87. The minimum Gasteiger partial charge on any atom is -0.349 e. The van der Waals surface area contributed by atoms with E-state index in [1.54, 1.807) is 6.20 Å². The first-order valence-corrected chi connectivity index (χ1v) is 8.64. The number of nitrogens with one attached hydrogen (secondary N) is 1. The highest BCUT2D eigenvalue weighted by Crippen LogP contribution is 2.36. The van der Waals surface area contributed by atoms with Crippen LogP contribution in [0.15, 0.2) is 54.7 Å². The van der Waals surface area contributed by atoms with Gasteiger partial charge in [-0.05, 0) is 42.7 Å². The fourth-order valence-electron chi connectivity index (χ4n) is 3.18. The van der Waals surface area contributed by atoms with Gasteiger partial charge in [0.25, 0.3) is 0 Å². The molecule has 3 aromatic rings. The number of hydrogen-bond acceptors (Lipinski definition) is 5. The van der Waals surface area contributed by atoms with E-state index in [2.05, 4.69) is 56.6 Å². The summed E-state index contributed by atoms with van der Waals surface area (Å²) < 4.78 is 0. The van der Waals surface area contributed by atoms with Crippen LogP contribution in [0, 0.1) is 0 Å². The Morgan fingerprint density at radius 1 is 1.16 bits per heavy atom. The van der Waals surface area contributed by atoms with Gasteiger partial charge in [-0.15, -0.1) is 5.10 Å². The lowest BCUT2D eigenvalue weighted by Gasteiger charge is -2.23. The van der Waals surface area contributed by atoms with E-state index >= 15 is 0 Å². The Balaban J connectivity index is 1.54. The highest BCUT2D eigenvalue weighted by Gasteiger charge is 2.28. The largest absolute Gasteiger partial charge is 0.349 e. The van der Waals surface area contributed by atoms with Crippen LogP contribution in [0.5, 0.6) is 0 Å². The van der Waals surface area contributed by atoms with Crippen molar-refractivity contribution in [2.24, 2.45) is 0 Å². The fraction of sp³-hybridized carbons (Fsp3) is 0.211. The van der Waals surface area contributed by atoms with Gasteiger partial charge in [0.1, 0.15) is 0 Å². The van der Waals surface area contributed by atoms with Crippen molar-refractivity contribution in [3.8, 4) is 0 Å². The number of halogens is 1. The van der Waals surface area contributed by atoms with Crippen LogP contribution in [0.1, 0.15) is 18.1 Å². The van der Waals surface area contributed by atoms with Gasteiger partial charge in [0.15, 0.2) is 5.82 Å². The van der Waals surface area contributed by atoms with Crippen molar-refractivity contribution >= 4 is 29.1 Å². The van der Waals surface area contributed by atoms with Crippen molar-refractivity contribution in [3.63, 3.8) is 0 Å². The van der Waals surface area contributed by atoms with Crippen LogP contribution in [-0.2, 0) is 13.0 Å². The molecular formula is C19H18ClN5. The second kappa shape index (κ2) is 6.69. The minimum absolute atomic E-state index is 0.346. The van der Waals surface area contributed by atoms with Crippen LogP contribution >= 0.6 is 11.6 Å². The van der Waals surface area contributed by atoms with Gasteiger partial charge in [-0.2, -0.15) is 10.1 Å². The third-order valence-electron chi connectivity index (χ3n) is 4.36. The number of nitrogens with zero attached hydrogens (tertiary/aromatic N) is 4. The molecule has 6 heteroatoms. The highest BCUT2D eigenvalue weighted by atomic mass is 35.5. The van der Waals surface area contributed by atoms with Crippen molar-refractivity contribution in [1.29, 1.82) is 0 Å². The molecule has 0 spiro atoms. The zero-order valence-electron chi connectivity index (χ0n) is 13.9. The molecule has 1 aliphatic heterocycles. The first kappa shape index (κ1) is 15.8. The van der Waals surface area contributed by atoms with Crippen molar-refractivity contribution < 1.29 is 0 Å². The lowest BCUT2D eigenvalue weighted by molar-refractivity contribution is 0.744. The Labute approximate surface area is 151 Å². The second-order valence-corrected chi connectivity index (χ2v) is 6.61. The molecule has 2 heterocycles. The van der Waals surface area contributed by atoms with Gasteiger partial charge in [-0.1, -0.05) is 41.9 Å². The average molecular weight is 352 g/mol. The van der Waals surface area contributed by atoms with Crippen molar-refractivity contribution in [2.75, 3.05) is 10.2 Å². The van der Waals surface area contributed by atoms with Crippen LogP contribution in [-0.4, -0.2) is 21.2 Å².